The zero-order valence-electron chi connectivity index (χ0n) is 15.3. The van der Waals surface area contributed by atoms with Crippen LogP contribution in [0.5, 0.6) is 5.75 Å². The molecule has 0 saturated carbocycles. The number of ether oxygens (including phenoxy) is 1. The largest absolute Gasteiger partial charge is 0.496 e. The maximum atomic E-state index is 13.8. The van der Waals surface area contributed by atoms with E-state index in [4.69, 9.17) is 4.74 Å². The number of benzene rings is 3. The van der Waals surface area contributed by atoms with Crippen molar-refractivity contribution in [3.8, 4) is 5.75 Å². The van der Waals surface area contributed by atoms with Crippen molar-refractivity contribution in [1.29, 1.82) is 0 Å². The van der Waals surface area contributed by atoms with Crippen molar-refractivity contribution in [2.45, 2.75) is 13.0 Å². The molecule has 0 radical (unpaired) electrons. The molecule has 0 aliphatic carbocycles. The van der Waals surface area contributed by atoms with Crippen molar-refractivity contribution in [3.05, 3.63) is 95.4 Å². The smallest absolute Gasteiger partial charge is 0.125 e. The zero-order valence-corrected chi connectivity index (χ0v) is 15.3. The van der Waals surface area contributed by atoms with Crippen molar-refractivity contribution in [2.75, 3.05) is 12.4 Å². The van der Waals surface area contributed by atoms with Crippen LogP contribution < -0.4 is 10.1 Å². The third-order valence-electron chi connectivity index (χ3n) is 4.82. The van der Waals surface area contributed by atoms with E-state index >= 15 is 0 Å². The van der Waals surface area contributed by atoms with Gasteiger partial charge in [-0.2, -0.15) is 0 Å². The first-order chi connectivity index (χ1) is 13.2. The number of nitrogens with one attached hydrogen (secondary N) is 2. The van der Waals surface area contributed by atoms with Crippen LogP contribution in [0.25, 0.3) is 10.9 Å². The SMILES string of the molecule is COc1ccccc1C(Nc1cccc(F)c1)c1c(C)[nH]c2ccccc12. The van der Waals surface area contributed by atoms with Crippen molar-refractivity contribution in [2.24, 2.45) is 0 Å². The summed E-state index contributed by atoms with van der Waals surface area (Å²) < 4.78 is 19.4. The van der Waals surface area contributed by atoms with Gasteiger partial charge in [-0.25, -0.2) is 4.39 Å². The van der Waals surface area contributed by atoms with Gasteiger partial charge in [0.15, 0.2) is 0 Å². The number of halogens is 1. The second-order valence-electron chi connectivity index (χ2n) is 6.54. The van der Waals surface area contributed by atoms with Crippen LogP contribution in [0.15, 0.2) is 72.8 Å². The van der Waals surface area contributed by atoms with Gasteiger partial charge in [0, 0.05) is 33.4 Å². The van der Waals surface area contributed by atoms with E-state index in [-0.39, 0.29) is 11.9 Å². The quantitative estimate of drug-likeness (QED) is 0.470. The average Bonchev–Trinajstić information content (AvgIpc) is 3.02. The summed E-state index contributed by atoms with van der Waals surface area (Å²) in [5.74, 6) is 0.519. The highest BCUT2D eigenvalue weighted by Gasteiger charge is 2.23. The van der Waals surface area contributed by atoms with Gasteiger partial charge in [-0.3, -0.25) is 0 Å². The van der Waals surface area contributed by atoms with E-state index in [1.165, 1.54) is 12.1 Å². The number of methoxy groups -OCH3 is 1. The highest BCUT2D eigenvalue weighted by atomic mass is 19.1. The van der Waals surface area contributed by atoms with Crippen LogP contribution in [-0.2, 0) is 0 Å². The summed E-state index contributed by atoms with van der Waals surface area (Å²) in [5.41, 5.74) is 4.98. The third-order valence-corrected chi connectivity index (χ3v) is 4.82. The molecule has 4 rings (SSSR count). The molecule has 0 spiro atoms. The minimum absolute atomic E-state index is 0.195. The molecule has 0 fully saturated rings. The number of H-pyrrole nitrogens is 1. The van der Waals surface area contributed by atoms with Gasteiger partial charge in [0.25, 0.3) is 0 Å². The van der Waals surface area contributed by atoms with Crippen molar-refractivity contribution in [3.63, 3.8) is 0 Å². The Morgan fingerprint density at radius 3 is 2.56 bits per heavy atom. The van der Waals surface area contributed by atoms with Crippen LogP contribution in [-0.4, -0.2) is 12.1 Å². The molecule has 0 aliphatic heterocycles. The molecule has 0 saturated heterocycles. The predicted molar refractivity (Wildman–Crippen MR) is 108 cm³/mol. The first-order valence-corrected chi connectivity index (χ1v) is 8.89. The predicted octanol–water partition coefficient (Wildman–Crippen LogP) is 5.83. The molecule has 4 heteroatoms. The van der Waals surface area contributed by atoms with Crippen molar-refractivity contribution >= 4 is 16.6 Å². The monoisotopic (exact) mass is 360 g/mol. The van der Waals surface area contributed by atoms with E-state index < -0.39 is 0 Å². The second-order valence-corrected chi connectivity index (χ2v) is 6.54. The van der Waals surface area contributed by atoms with Gasteiger partial charge < -0.3 is 15.0 Å². The minimum Gasteiger partial charge on any atom is -0.496 e. The van der Waals surface area contributed by atoms with Gasteiger partial charge in [0.2, 0.25) is 0 Å². The third kappa shape index (κ3) is 3.26. The minimum atomic E-state index is -0.269. The first kappa shape index (κ1) is 17.2. The Labute approximate surface area is 157 Å². The molecule has 0 aliphatic rings. The Hall–Kier alpha value is -3.27. The van der Waals surface area contributed by atoms with Gasteiger partial charge in [-0.1, -0.05) is 42.5 Å². The molecule has 3 aromatic carbocycles. The Bertz CT molecular complexity index is 1090. The fourth-order valence-electron chi connectivity index (χ4n) is 3.63. The van der Waals surface area contributed by atoms with E-state index in [9.17, 15) is 4.39 Å². The summed E-state index contributed by atoms with van der Waals surface area (Å²) in [6.45, 7) is 2.06. The average molecular weight is 360 g/mol. The summed E-state index contributed by atoms with van der Waals surface area (Å²) in [5, 5.41) is 4.64. The lowest BCUT2D eigenvalue weighted by atomic mass is 9.95. The maximum absolute atomic E-state index is 13.8. The number of aromatic amines is 1. The molecule has 2 N–H and O–H groups in total. The van der Waals surface area contributed by atoms with E-state index in [2.05, 4.69) is 29.4 Å². The Morgan fingerprint density at radius 2 is 1.74 bits per heavy atom. The molecule has 1 atom stereocenters. The van der Waals surface area contributed by atoms with E-state index in [1.54, 1.807) is 13.2 Å². The summed E-state index contributed by atoms with van der Waals surface area (Å²) >= 11 is 0. The standard InChI is InChI=1S/C23H21FN2O/c1-15-22(18-10-3-5-12-20(18)25-15)23(19-11-4-6-13-21(19)27-2)26-17-9-7-8-16(24)14-17/h3-14,23,25-26H,1-2H3. The van der Waals surface area contributed by atoms with Gasteiger partial charge >= 0.3 is 0 Å². The molecule has 0 bridgehead atoms. The number of aromatic nitrogens is 1. The summed E-state index contributed by atoms with van der Waals surface area (Å²) in [6, 6.07) is 22.5. The van der Waals surface area contributed by atoms with Crippen LogP contribution in [0.2, 0.25) is 0 Å². The van der Waals surface area contributed by atoms with Crippen LogP contribution in [0.1, 0.15) is 22.9 Å². The van der Waals surface area contributed by atoms with Gasteiger partial charge in [-0.05, 0) is 37.3 Å². The summed E-state index contributed by atoms with van der Waals surface area (Å²) in [7, 11) is 1.67. The van der Waals surface area contributed by atoms with Gasteiger partial charge in [0.05, 0.1) is 13.2 Å². The van der Waals surface area contributed by atoms with E-state index in [0.29, 0.717) is 0 Å². The van der Waals surface area contributed by atoms with E-state index in [0.717, 1.165) is 39.2 Å². The number of hydrogen-bond donors (Lipinski definition) is 2. The molecule has 1 heterocycles. The molecular formula is C23H21FN2O. The van der Waals surface area contributed by atoms with Crippen molar-refractivity contribution < 1.29 is 9.13 Å². The zero-order chi connectivity index (χ0) is 18.8. The van der Waals surface area contributed by atoms with Gasteiger partial charge in [-0.15, -0.1) is 0 Å². The number of fused-ring (bicyclic) bond motifs is 1. The van der Waals surface area contributed by atoms with E-state index in [1.807, 2.05) is 42.5 Å². The molecule has 136 valence electrons. The van der Waals surface area contributed by atoms with Crippen molar-refractivity contribution in [1.82, 2.24) is 4.98 Å². The van der Waals surface area contributed by atoms with Crippen LogP contribution in [0.4, 0.5) is 10.1 Å². The summed E-state index contributed by atoms with van der Waals surface area (Å²) in [4.78, 5) is 3.46. The second kappa shape index (κ2) is 7.16. The first-order valence-electron chi connectivity index (χ1n) is 8.89. The molecule has 0 amide bonds. The fraction of sp³-hybridized carbons (Fsp3) is 0.130. The van der Waals surface area contributed by atoms with Gasteiger partial charge in [0.1, 0.15) is 11.6 Å². The molecule has 3 nitrogen and oxygen atoms in total. The fourth-order valence-corrected chi connectivity index (χ4v) is 3.63. The highest BCUT2D eigenvalue weighted by molar-refractivity contribution is 5.86. The van der Waals surface area contributed by atoms with Crippen LogP contribution in [0.3, 0.4) is 0 Å². The van der Waals surface area contributed by atoms with Crippen LogP contribution in [0, 0.1) is 12.7 Å². The molecule has 4 aromatic rings. The highest BCUT2D eigenvalue weighted by Crippen LogP contribution is 2.38. The summed E-state index contributed by atoms with van der Waals surface area (Å²) in [6.07, 6.45) is 0. The number of hydrogen-bond acceptors (Lipinski definition) is 2. The Kier molecular flexibility index (Phi) is 4.55. The Morgan fingerprint density at radius 1 is 0.963 bits per heavy atom. The molecule has 1 unspecified atom stereocenters. The lowest BCUT2D eigenvalue weighted by Crippen LogP contribution is -2.14. The Balaban J connectivity index is 1.91. The molecule has 1 aromatic heterocycles. The maximum Gasteiger partial charge on any atom is 0.125 e. The normalized spacial score (nSPS) is 12.1. The molecule has 27 heavy (non-hydrogen) atoms. The number of rotatable bonds is 5. The number of para-hydroxylation sites is 2. The lowest BCUT2D eigenvalue weighted by Gasteiger charge is -2.23. The number of anilines is 1. The lowest BCUT2D eigenvalue weighted by molar-refractivity contribution is 0.408. The number of aryl methyl sites for hydroxylation is 1. The van der Waals surface area contributed by atoms with Crippen LogP contribution >= 0.6 is 0 Å². The molecular weight excluding hydrogens is 339 g/mol. The topological polar surface area (TPSA) is 37.0 Å².